The van der Waals surface area contributed by atoms with Gasteiger partial charge in [-0.15, -0.1) is 0 Å². The molecular formula is C17H18N4O4. The number of phenols is 1. The van der Waals surface area contributed by atoms with Crippen LogP contribution in [0.25, 0.3) is 22.8 Å². The van der Waals surface area contributed by atoms with Crippen LogP contribution >= 0.6 is 0 Å². The summed E-state index contributed by atoms with van der Waals surface area (Å²) in [6.07, 6.45) is 0. The second-order valence-corrected chi connectivity index (χ2v) is 5.20. The number of H-pyrrole nitrogens is 1. The minimum atomic E-state index is 0.0572. The largest absolute Gasteiger partial charge is 0.507 e. The van der Waals surface area contributed by atoms with Crippen molar-refractivity contribution in [1.82, 2.24) is 15.2 Å². The summed E-state index contributed by atoms with van der Waals surface area (Å²) in [5.74, 6) is 2.34. The molecule has 25 heavy (non-hydrogen) atoms. The molecule has 0 amide bonds. The van der Waals surface area contributed by atoms with Crippen LogP contribution in [0.5, 0.6) is 23.0 Å². The lowest BCUT2D eigenvalue weighted by molar-refractivity contribution is 0.324. The van der Waals surface area contributed by atoms with Gasteiger partial charge in [0.25, 0.3) is 0 Å². The second kappa shape index (κ2) is 6.60. The summed E-state index contributed by atoms with van der Waals surface area (Å²) in [5.41, 5.74) is 7.41. The average molecular weight is 342 g/mol. The summed E-state index contributed by atoms with van der Waals surface area (Å²) in [7, 11) is 4.61. The predicted octanol–water partition coefficient (Wildman–Crippen LogP) is 2.45. The molecule has 8 heteroatoms. The van der Waals surface area contributed by atoms with E-state index in [0.717, 1.165) is 0 Å². The van der Waals surface area contributed by atoms with Crippen molar-refractivity contribution in [3.8, 4) is 45.8 Å². The van der Waals surface area contributed by atoms with Gasteiger partial charge in [-0.1, -0.05) is 0 Å². The molecule has 0 spiro atoms. The Bertz CT molecular complexity index is 882. The average Bonchev–Trinajstić information content (AvgIpc) is 3.12. The molecule has 1 aromatic heterocycles. The van der Waals surface area contributed by atoms with E-state index in [1.165, 1.54) is 27.4 Å². The van der Waals surface area contributed by atoms with Crippen molar-refractivity contribution >= 4 is 5.69 Å². The molecule has 0 saturated heterocycles. The van der Waals surface area contributed by atoms with Gasteiger partial charge in [0, 0.05) is 11.3 Å². The molecule has 2 aromatic carbocycles. The van der Waals surface area contributed by atoms with Crippen LogP contribution in [0.15, 0.2) is 30.3 Å². The zero-order valence-electron chi connectivity index (χ0n) is 14.0. The fourth-order valence-electron chi connectivity index (χ4n) is 2.46. The number of nitrogens with zero attached hydrogens (tertiary/aromatic N) is 2. The molecule has 130 valence electrons. The van der Waals surface area contributed by atoms with Crippen LogP contribution in [0.4, 0.5) is 5.69 Å². The number of nitrogen functional groups attached to an aromatic ring is 1. The van der Waals surface area contributed by atoms with Crippen molar-refractivity contribution in [1.29, 1.82) is 0 Å². The molecule has 0 bridgehead atoms. The molecule has 1 heterocycles. The fraction of sp³-hybridized carbons (Fsp3) is 0.176. The van der Waals surface area contributed by atoms with E-state index >= 15 is 0 Å². The Hall–Kier alpha value is -3.42. The van der Waals surface area contributed by atoms with E-state index in [1.807, 2.05) is 0 Å². The number of nitrogens with two attached hydrogens (primary N) is 1. The maximum Gasteiger partial charge on any atom is 0.203 e. The van der Waals surface area contributed by atoms with Crippen molar-refractivity contribution in [3.63, 3.8) is 0 Å². The predicted molar refractivity (Wildman–Crippen MR) is 93.0 cm³/mol. The fourth-order valence-corrected chi connectivity index (χ4v) is 2.46. The van der Waals surface area contributed by atoms with E-state index in [1.54, 1.807) is 24.3 Å². The van der Waals surface area contributed by atoms with Gasteiger partial charge in [-0.25, -0.2) is 4.98 Å². The van der Waals surface area contributed by atoms with Crippen LogP contribution in [0.1, 0.15) is 0 Å². The molecule has 0 radical (unpaired) electrons. The van der Waals surface area contributed by atoms with Crippen LogP contribution in [0, 0.1) is 0 Å². The Kier molecular flexibility index (Phi) is 4.34. The van der Waals surface area contributed by atoms with Crippen molar-refractivity contribution in [2.45, 2.75) is 0 Å². The number of nitrogens with one attached hydrogen (secondary N) is 1. The lowest BCUT2D eigenvalue weighted by Gasteiger charge is -2.12. The lowest BCUT2D eigenvalue weighted by Crippen LogP contribution is -1.96. The molecule has 8 nitrogen and oxygen atoms in total. The molecule has 0 saturated carbocycles. The minimum absolute atomic E-state index is 0.0572. The highest BCUT2D eigenvalue weighted by atomic mass is 16.5. The molecule has 0 fully saturated rings. The highest BCUT2D eigenvalue weighted by Crippen LogP contribution is 2.40. The number of rotatable bonds is 5. The van der Waals surface area contributed by atoms with Gasteiger partial charge < -0.3 is 25.1 Å². The lowest BCUT2D eigenvalue weighted by atomic mass is 10.1. The third-order valence-electron chi connectivity index (χ3n) is 3.68. The number of aromatic nitrogens is 3. The Morgan fingerprint density at radius 2 is 1.68 bits per heavy atom. The zero-order valence-corrected chi connectivity index (χ0v) is 14.0. The quantitative estimate of drug-likeness (QED) is 0.482. The summed E-state index contributed by atoms with van der Waals surface area (Å²) < 4.78 is 16.0. The van der Waals surface area contributed by atoms with Gasteiger partial charge in [0.05, 0.1) is 26.9 Å². The highest BCUT2D eigenvalue weighted by Gasteiger charge is 2.17. The van der Waals surface area contributed by atoms with Gasteiger partial charge in [0.15, 0.2) is 23.1 Å². The summed E-state index contributed by atoms with van der Waals surface area (Å²) in [4.78, 5) is 4.42. The molecule has 0 aliphatic heterocycles. The summed E-state index contributed by atoms with van der Waals surface area (Å²) in [6, 6.07) is 8.22. The molecule has 0 atom stereocenters. The number of methoxy groups -OCH3 is 3. The Balaban J connectivity index is 2.07. The van der Waals surface area contributed by atoms with E-state index in [-0.39, 0.29) is 5.75 Å². The Labute approximate surface area is 144 Å². The van der Waals surface area contributed by atoms with E-state index < -0.39 is 0 Å². The number of anilines is 1. The molecule has 0 aliphatic rings. The van der Waals surface area contributed by atoms with Crippen molar-refractivity contribution in [3.05, 3.63) is 30.3 Å². The smallest absolute Gasteiger partial charge is 0.203 e. The van der Waals surface area contributed by atoms with E-state index in [2.05, 4.69) is 15.2 Å². The number of hydrogen-bond donors (Lipinski definition) is 3. The van der Waals surface area contributed by atoms with Crippen LogP contribution in [-0.4, -0.2) is 41.6 Å². The van der Waals surface area contributed by atoms with Gasteiger partial charge in [-0.3, -0.25) is 5.10 Å². The van der Waals surface area contributed by atoms with Gasteiger partial charge in [-0.2, -0.15) is 5.10 Å². The molecule has 3 rings (SSSR count). The number of aromatic amines is 1. The van der Waals surface area contributed by atoms with Crippen molar-refractivity contribution in [2.24, 2.45) is 0 Å². The Morgan fingerprint density at radius 1 is 1.00 bits per heavy atom. The summed E-state index contributed by atoms with van der Waals surface area (Å²) in [6.45, 7) is 0. The molecule has 3 aromatic rings. The van der Waals surface area contributed by atoms with E-state index in [9.17, 15) is 5.11 Å². The minimum Gasteiger partial charge on any atom is -0.507 e. The molecule has 4 N–H and O–H groups in total. The van der Waals surface area contributed by atoms with E-state index in [4.69, 9.17) is 19.9 Å². The van der Waals surface area contributed by atoms with Crippen molar-refractivity contribution in [2.75, 3.05) is 27.1 Å². The maximum atomic E-state index is 10.0. The first-order valence-electron chi connectivity index (χ1n) is 7.39. The normalized spacial score (nSPS) is 10.5. The zero-order chi connectivity index (χ0) is 18.0. The number of aromatic hydroxyl groups is 1. The van der Waals surface area contributed by atoms with Crippen LogP contribution in [-0.2, 0) is 0 Å². The Morgan fingerprint density at radius 3 is 2.28 bits per heavy atom. The highest BCUT2D eigenvalue weighted by molar-refractivity contribution is 5.71. The van der Waals surface area contributed by atoms with Crippen LogP contribution in [0.3, 0.4) is 0 Å². The number of benzene rings is 2. The third kappa shape index (κ3) is 3.01. The van der Waals surface area contributed by atoms with E-state index in [0.29, 0.717) is 45.7 Å². The molecule has 0 unspecified atom stereocenters. The van der Waals surface area contributed by atoms with Crippen molar-refractivity contribution < 1.29 is 19.3 Å². The monoisotopic (exact) mass is 342 g/mol. The summed E-state index contributed by atoms with van der Waals surface area (Å²) >= 11 is 0. The van der Waals surface area contributed by atoms with Gasteiger partial charge in [0.2, 0.25) is 5.75 Å². The maximum absolute atomic E-state index is 10.0. The van der Waals surface area contributed by atoms with Crippen LogP contribution in [0.2, 0.25) is 0 Å². The first-order chi connectivity index (χ1) is 12.1. The SMILES string of the molecule is COc1cc(-c2n[nH]c(-c3cc(N)ccc3O)n2)cc(OC)c1OC. The first kappa shape index (κ1) is 16.4. The number of hydrogen-bond acceptors (Lipinski definition) is 7. The number of phenolic OH excluding ortho intramolecular Hbond substituents is 1. The standard InChI is InChI=1S/C17H18N4O4/c1-23-13-6-9(7-14(24-2)15(13)25-3)16-19-17(21-20-16)11-8-10(18)4-5-12(11)22/h4-8,22H,18H2,1-3H3,(H,19,20,21). The first-order valence-corrected chi connectivity index (χ1v) is 7.39. The number of ether oxygens (including phenoxy) is 3. The van der Waals surface area contributed by atoms with Gasteiger partial charge in [-0.05, 0) is 30.3 Å². The van der Waals surface area contributed by atoms with Crippen LogP contribution < -0.4 is 19.9 Å². The van der Waals surface area contributed by atoms with Gasteiger partial charge >= 0.3 is 0 Å². The van der Waals surface area contributed by atoms with Gasteiger partial charge in [0.1, 0.15) is 5.75 Å². The topological polar surface area (TPSA) is 116 Å². The summed E-state index contributed by atoms with van der Waals surface area (Å²) in [5, 5.41) is 17.0. The molecule has 0 aliphatic carbocycles. The third-order valence-corrected chi connectivity index (χ3v) is 3.68. The molecular weight excluding hydrogens is 324 g/mol. The second-order valence-electron chi connectivity index (χ2n) is 5.20.